The second kappa shape index (κ2) is 10.5. The van der Waals surface area contributed by atoms with Gasteiger partial charge in [-0.25, -0.2) is 0 Å². The summed E-state index contributed by atoms with van der Waals surface area (Å²) in [6.07, 6.45) is 1.12. The maximum Gasteiger partial charge on any atom is 0.117 e. The summed E-state index contributed by atoms with van der Waals surface area (Å²) >= 11 is 0. The fourth-order valence-electron chi connectivity index (χ4n) is 3.71. The molecule has 0 atom stereocenters. The van der Waals surface area contributed by atoms with E-state index < -0.39 is 0 Å². The number of nitrogens with zero attached hydrogens (tertiary/aromatic N) is 4. The van der Waals surface area contributed by atoms with Crippen LogP contribution in [0.4, 0.5) is 0 Å². The van der Waals surface area contributed by atoms with Crippen LogP contribution in [-0.2, 0) is 17.8 Å². The lowest BCUT2D eigenvalue weighted by Gasteiger charge is -2.26. The number of hydrogen-bond donors (Lipinski definition) is 1. The third-order valence-corrected chi connectivity index (χ3v) is 5.44. The van der Waals surface area contributed by atoms with Gasteiger partial charge < -0.3 is 10.1 Å². The van der Waals surface area contributed by atoms with E-state index in [0.29, 0.717) is 6.54 Å². The number of morpholine rings is 1. The highest BCUT2D eigenvalue weighted by Gasteiger charge is 2.14. The second-order valence-corrected chi connectivity index (χ2v) is 7.86. The van der Waals surface area contributed by atoms with Gasteiger partial charge in [-0.3, -0.25) is 4.90 Å². The van der Waals surface area contributed by atoms with Crippen molar-refractivity contribution in [3.8, 4) is 11.3 Å². The molecule has 0 saturated carbocycles. The van der Waals surface area contributed by atoms with Crippen LogP contribution in [0.1, 0.15) is 23.2 Å². The molecule has 1 aliphatic heterocycles. The molecule has 3 aromatic rings. The number of aryl methyl sites for hydroxylation is 1. The SMILES string of the molecule is Cc1ccc(Cn2nc(CNCCCN3CCOCC3)c(-c3ccccc3)n2)cc1. The monoisotopic (exact) mass is 405 g/mol. The molecule has 1 saturated heterocycles. The van der Waals surface area contributed by atoms with E-state index in [-0.39, 0.29) is 0 Å². The van der Waals surface area contributed by atoms with Gasteiger partial charge in [0.1, 0.15) is 11.4 Å². The molecule has 30 heavy (non-hydrogen) atoms. The maximum atomic E-state index is 5.42. The fraction of sp³-hybridized carbons (Fsp3) is 0.417. The molecule has 6 nitrogen and oxygen atoms in total. The molecule has 4 rings (SSSR count). The van der Waals surface area contributed by atoms with Crippen LogP contribution in [0.3, 0.4) is 0 Å². The summed E-state index contributed by atoms with van der Waals surface area (Å²) in [6.45, 7) is 9.40. The zero-order chi connectivity index (χ0) is 20.6. The summed E-state index contributed by atoms with van der Waals surface area (Å²) in [5.74, 6) is 0. The van der Waals surface area contributed by atoms with E-state index in [1.165, 1.54) is 11.1 Å². The lowest BCUT2D eigenvalue weighted by molar-refractivity contribution is 0.0374. The van der Waals surface area contributed by atoms with E-state index >= 15 is 0 Å². The predicted molar refractivity (Wildman–Crippen MR) is 119 cm³/mol. The quantitative estimate of drug-likeness (QED) is 0.555. The van der Waals surface area contributed by atoms with E-state index in [1.54, 1.807) is 0 Å². The zero-order valence-corrected chi connectivity index (χ0v) is 17.8. The topological polar surface area (TPSA) is 55.2 Å². The first kappa shape index (κ1) is 20.7. The van der Waals surface area contributed by atoms with E-state index in [2.05, 4.69) is 53.5 Å². The summed E-state index contributed by atoms with van der Waals surface area (Å²) in [7, 11) is 0. The van der Waals surface area contributed by atoms with Crippen molar-refractivity contribution in [2.45, 2.75) is 26.4 Å². The molecule has 0 spiro atoms. The van der Waals surface area contributed by atoms with Gasteiger partial charge in [0.2, 0.25) is 0 Å². The van der Waals surface area contributed by atoms with Crippen molar-refractivity contribution in [2.24, 2.45) is 0 Å². The molecule has 1 fully saturated rings. The van der Waals surface area contributed by atoms with E-state index in [1.807, 2.05) is 23.0 Å². The molecule has 1 N–H and O–H groups in total. The molecule has 2 heterocycles. The fourth-order valence-corrected chi connectivity index (χ4v) is 3.71. The molecule has 0 unspecified atom stereocenters. The van der Waals surface area contributed by atoms with Crippen LogP contribution in [-0.4, -0.2) is 59.3 Å². The first-order valence-electron chi connectivity index (χ1n) is 10.8. The minimum atomic E-state index is 0.678. The summed E-state index contributed by atoms with van der Waals surface area (Å²) in [5, 5.41) is 13.2. The maximum absolute atomic E-state index is 5.42. The molecular weight excluding hydrogens is 374 g/mol. The minimum absolute atomic E-state index is 0.678. The Morgan fingerprint density at radius 1 is 0.967 bits per heavy atom. The van der Waals surface area contributed by atoms with Crippen molar-refractivity contribution in [3.63, 3.8) is 0 Å². The van der Waals surface area contributed by atoms with E-state index in [0.717, 1.165) is 69.3 Å². The van der Waals surface area contributed by atoms with Crippen molar-refractivity contribution in [2.75, 3.05) is 39.4 Å². The Hall–Kier alpha value is -2.54. The van der Waals surface area contributed by atoms with Gasteiger partial charge in [0.25, 0.3) is 0 Å². The Morgan fingerprint density at radius 3 is 2.50 bits per heavy atom. The van der Waals surface area contributed by atoms with Crippen LogP contribution in [0.5, 0.6) is 0 Å². The Labute approximate surface area is 178 Å². The van der Waals surface area contributed by atoms with Gasteiger partial charge in [-0.15, -0.1) is 0 Å². The third kappa shape index (κ3) is 5.75. The van der Waals surface area contributed by atoms with Crippen molar-refractivity contribution in [1.29, 1.82) is 0 Å². The van der Waals surface area contributed by atoms with Crippen LogP contribution in [0.2, 0.25) is 0 Å². The highest BCUT2D eigenvalue weighted by molar-refractivity contribution is 5.60. The molecule has 0 radical (unpaired) electrons. The van der Waals surface area contributed by atoms with Gasteiger partial charge in [0.15, 0.2) is 0 Å². The Balaban J connectivity index is 1.38. The minimum Gasteiger partial charge on any atom is -0.379 e. The van der Waals surface area contributed by atoms with Crippen molar-refractivity contribution in [1.82, 2.24) is 25.2 Å². The average Bonchev–Trinajstić information content (AvgIpc) is 3.19. The lowest BCUT2D eigenvalue weighted by atomic mass is 10.1. The van der Waals surface area contributed by atoms with Gasteiger partial charge in [0.05, 0.1) is 19.8 Å². The van der Waals surface area contributed by atoms with E-state index in [9.17, 15) is 0 Å². The number of nitrogens with one attached hydrogen (secondary N) is 1. The molecule has 1 aromatic heterocycles. The van der Waals surface area contributed by atoms with Gasteiger partial charge in [0, 0.05) is 25.2 Å². The van der Waals surface area contributed by atoms with Crippen LogP contribution >= 0.6 is 0 Å². The van der Waals surface area contributed by atoms with Crippen molar-refractivity contribution >= 4 is 0 Å². The number of aromatic nitrogens is 3. The molecule has 0 amide bonds. The second-order valence-electron chi connectivity index (χ2n) is 7.86. The summed E-state index contributed by atoms with van der Waals surface area (Å²) in [5.41, 5.74) is 5.54. The first-order chi connectivity index (χ1) is 14.8. The highest BCUT2D eigenvalue weighted by Crippen LogP contribution is 2.20. The van der Waals surface area contributed by atoms with E-state index in [4.69, 9.17) is 14.9 Å². The van der Waals surface area contributed by atoms with Crippen LogP contribution in [0.15, 0.2) is 54.6 Å². The number of benzene rings is 2. The van der Waals surface area contributed by atoms with Crippen LogP contribution in [0, 0.1) is 6.92 Å². The molecule has 6 heteroatoms. The molecule has 1 aliphatic rings. The number of rotatable bonds is 9. The van der Waals surface area contributed by atoms with Crippen LogP contribution < -0.4 is 5.32 Å². The smallest absolute Gasteiger partial charge is 0.117 e. The number of ether oxygens (including phenoxy) is 1. The summed E-state index contributed by atoms with van der Waals surface area (Å²) in [4.78, 5) is 4.29. The zero-order valence-electron chi connectivity index (χ0n) is 17.8. The summed E-state index contributed by atoms with van der Waals surface area (Å²) in [6, 6.07) is 18.9. The molecule has 2 aromatic carbocycles. The normalized spacial score (nSPS) is 14.8. The molecular formula is C24H31N5O. The molecule has 0 bridgehead atoms. The van der Waals surface area contributed by atoms with Crippen molar-refractivity contribution < 1.29 is 4.74 Å². The number of hydrogen-bond acceptors (Lipinski definition) is 5. The summed E-state index contributed by atoms with van der Waals surface area (Å²) < 4.78 is 5.42. The van der Waals surface area contributed by atoms with Gasteiger partial charge in [-0.2, -0.15) is 15.0 Å². The van der Waals surface area contributed by atoms with Crippen molar-refractivity contribution in [3.05, 3.63) is 71.4 Å². The molecule has 0 aliphatic carbocycles. The largest absolute Gasteiger partial charge is 0.379 e. The third-order valence-electron chi connectivity index (χ3n) is 5.44. The van der Waals surface area contributed by atoms with Crippen LogP contribution in [0.25, 0.3) is 11.3 Å². The lowest BCUT2D eigenvalue weighted by Crippen LogP contribution is -2.37. The Bertz CT molecular complexity index is 901. The average molecular weight is 406 g/mol. The first-order valence-corrected chi connectivity index (χ1v) is 10.8. The Kier molecular flexibility index (Phi) is 7.24. The van der Waals surface area contributed by atoms with Gasteiger partial charge >= 0.3 is 0 Å². The predicted octanol–water partition coefficient (Wildman–Crippen LogP) is 3.11. The van der Waals surface area contributed by atoms with Gasteiger partial charge in [-0.05, 0) is 32.0 Å². The standard InChI is InChI=1S/C24H31N5O/c1-20-8-10-21(11-9-20)19-29-26-23(24(27-29)22-6-3-2-4-7-22)18-25-12-5-13-28-14-16-30-17-15-28/h2-4,6-11,25H,5,12-19H2,1H3. The Morgan fingerprint density at radius 2 is 1.73 bits per heavy atom. The molecule has 158 valence electrons. The van der Waals surface area contributed by atoms with Gasteiger partial charge in [-0.1, -0.05) is 60.2 Å². The highest BCUT2D eigenvalue weighted by atomic mass is 16.5.